The summed E-state index contributed by atoms with van der Waals surface area (Å²) < 4.78 is 5.07. The van der Waals surface area contributed by atoms with Gasteiger partial charge in [0.05, 0.1) is 6.61 Å². The number of nitrogens with two attached hydrogens (primary N) is 1. The molecule has 0 bridgehead atoms. The van der Waals surface area contributed by atoms with E-state index in [0.717, 1.165) is 12.1 Å². The molecule has 0 unspecified atom stereocenters. The first kappa shape index (κ1) is 18.9. The van der Waals surface area contributed by atoms with E-state index < -0.39 is 0 Å². The van der Waals surface area contributed by atoms with Gasteiger partial charge in [-0.05, 0) is 23.6 Å². The van der Waals surface area contributed by atoms with E-state index in [1.165, 1.54) is 0 Å². The molecule has 4 nitrogen and oxygen atoms in total. The summed E-state index contributed by atoms with van der Waals surface area (Å²) >= 11 is 0. The van der Waals surface area contributed by atoms with Crippen molar-refractivity contribution in [1.29, 1.82) is 0 Å². The summed E-state index contributed by atoms with van der Waals surface area (Å²) in [6.07, 6.45) is 0. The van der Waals surface area contributed by atoms with E-state index in [4.69, 9.17) is 10.5 Å². The van der Waals surface area contributed by atoms with Gasteiger partial charge < -0.3 is 15.4 Å². The first-order chi connectivity index (χ1) is 9.08. The van der Waals surface area contributed by atoms with Gasteiger partial charge in [-0.2, -0.15) is 0 Å². The molecule has 0 aliphatic heterocycles. The molecule has 20 heavy (non-hydrogen) atoms. The summed E-state index contributed by atoms with van der Waals surface area (Å²) in [6.45, 7) is 6.61. The van der Waals surface area contributed by atoms with Gasteiger partial charge in [0, 0.05) is 32.3 Å². The first-order valence-corrected chi connectivity index (χ1v) is 6.65. The van der Waals surface area contributed by atoms with Crippen molar-refractivity contribution in [3.05, 3.63) is 35.4 Å². The second-order valence-corrected chi connectivity index (χ2v) is 5.04. The summed E-state index contributed by atoms with van der Waals surface area (Å²) in [5, 5.41) is 0. The highest BCUT2D eigenvalue weighted by Gasteiger charge is 2.16. The number of amides is 1. The zero-order valence-electron chi connectivity index (χ0n) is 12.5. The maximum absolute atomic E-state index is 12.4. The van der Waals surface area contributed by atoms with Crippen molar-refractivity contribution in [3.8, 4) is 0 Å². The van der Waals surface area contributed by atoms with E-state index >= 15 is 0 Å². The van der Waals surface area contributed by atoms with Crippen molar-refractivity contribution >= 4 is 18.3 Å². The third-order valence-electron chi connectivity index (χ3n) is 2.87. The van der Waals surface area contributed by atoms with Crippen LogP contribution in [0.15, 0.2) is 24.3 Å². The second-order valence-electron chi connectivity index (χ2n) is 5.04. The lowest BCUT2D eigenvalue weighted by molar-refractivity contribution is 0.0672. The SMILES string of the molecule is COCCN(CC(C)C)C(=O)c1ccc(CN)cc1.Cl. The van der Waals surface area contributed by atoms with Crippen molar-refractivity contribution in [2.24, 2.45) is 11.7 Å². The molecule has 2 N–H and O–H groups in total. The normalized spacial score (nSPS) is 10.2. The van der Waals surface area contributed by atoms with Gasteiger partial charge in [-0.15, -0.1) is 12.4 Å². The molecule has 0 aliphatic rings. The highest BCUT2D eigenvalue weighted by atomic mass is 35.5. The van der Waals surface area contributed by atoms with Crippen LogP contribution in [0.25, 0.3) is 0 Å². The number of rotatable bonds is 7. The number of halogens is 1. The maximum atomic E-state index is 12.4. The average molecular weight is 301 g/mol. The van der Waals surface area contributed by atoms with Crippen LogP contribution >= 0.6 is 12.4 Å². The predicted octanol–water partition coefficient (Wildman–Crippen LogP) is 2.31. The average Bonchev–Trinajstić information content (AvgIpc) is 2.42. The van der Waals surface area contributed by atoms with Crippen LogP contribution in [0.1, 0.15) is 29.8 Å². The molecular weight excluding hydrogens is 276 g/mol. The van der Waals surface area contributed by atoms with Crippen LogP contribution in [-0.4, -0.2) is 37.6 Å². The maximum Gasteiger partial charge on any atom is 0.253 e. The summed E-state index contributed by atoms with van der Waals surface area (Å²) in [5.41, 5.74) is 7.29. The largest absolute Gasteiger partial charge is 0.383 e. The van der Waals surface area contributed by atoms with Gasteiger partial charge in [-0.25, -0.2) is 0 Å². The number of ether oxygens (including phenoxy) is 1. The van der Waals surface area contributed by atoms with Crippen molar-refractivity contribution in [2.75, 3.05) is 26.8 Å². The van der Waals surface area contributed by atoms with Crippen LogP contribution in [0.4, 0.5) is 0 Å². The van der Waals surface area contributed by atoms with E-state index in [2.05, 4.69) is 13.8 Å². The first-order valence-electron chi connectivity index (χ1n) is 6.65. The van der Waals surface area contributed by atoms with Crippen LogP contribution in [-0.2, 0) is 11.3 Å². The van der Waals surface area contributed by atoms with Gasteiger partial charge >= 0.3 is 0 Å². The third kappa shape index (κ3) is 5.90. The lowest BCUT2D eigenvalue weighted by Gasteiger charge is -2.24. The molecule has 0 fully saturated rings. The zero-order chi connectivity index (χ0) is 14.3. The molecular formula is C15H25ClN2O2. The van der Waals surface area contributed by atoms with E-state index in [1.54, 1.807) is 7.11 Å². The Morgan fingerprint density at radius 3 is 2.35 bits per heavy atom. The second kappa shape index (κ2) is 9.75. The topological polar surface area (TPSA) is 55.6 Å². The van der Waals surface area contributed by atoms with Gasteiger partial charge in [0.25, 0.3) is 5.91 Å². The fourth-order valence-corrected chi connectivity index (χ4v) is 1.88. The summed E-state index contributed by atoms with van der Waals surface area (Å²) in [7, 11) is 1.65. The molecule has 0 radical (unpaired) electrons. The van der Waals surface area contributed by atoms with E-state index in [-0.39, 0.29) is 18.3 Å². The van der Waals surface area contributed by atoms with Crippen LogP contribution < -0.4 is 5.73 Å². The van der Waals surface area contributed by atoms with Crippen molar-refractivity contribution < 1.29 is 9.53 Å². The number of hydrogen-bond donors (Lipinski definition) is 1. The Hall–Kier alpha value is -1.10. The smallest absolute Gasteiger partial charge is 0.253 e. The quantitative estimate of drug-likeness (QED) is 0.841. The molecule has 1 aromatic carbocycles. The number of benzene rings is 1. The van der Waals surface area contributed by atoms with E-state index in [1.807, 2.05) is 29.2 Å². The minimum atomic E-state index is 0. The van der Waals surface area contributed by atoms with Gasteiger partial charge in [0.1, 0.15) is 0 Å². The van der Waals surface area contributed by atoms with Gasteiger partial charge in [0.2, 0.25) is 0 Å². The van der Waals surface area contributed by atoms with Crippen molar-refractivity contribution in [1.82, 2.24) is 4.90 Å². The lowest BCUT2D eigenvalue weighted by Crippen LogP contribution is -2.36. The zero-order valence-corrected chi connectivity index (χ0v) is 13.3. The Kier molecular flexibility index (Phi) is 9.21. The molecule has 0 atom stereocenters. The Labute approximate surface area is 127 Å². The number of carbonyl (C=O) groups excluding carboxylic acids is 1. The minimum absolute atomic E-state index is 0. The molecule has 0 spiro atoms. The van der Waals surface area contributed by atoms with Crippen LogP contribution in [0.3, 0.4) is 0 Å². The molecule has 1 aromatic rings. The minimum Gasteiger partial charge on any atom is -0.383 e. The summed E-state index contributed by atoms with van der Waals surface area (Å²) in [5.74, 6) is 0.485. The van der Waals surface area contributed by atoms with Crippen LogP contribution in [0, 0.1) is 5.92 Å². The Morgan fingerprint density at radius 1 is 1.30 bits per heavy atom. The monoisotopic (exact) mass is 300 g/mol. The van der Waals surface area contributed by atoms with E-state index in [0.29, 0.717) is 31.2 Å². The number of nitrogens with zero attached hydrogens (tertiary/aromatic N) is 1. The fraction of sp³-hybridized carbons (Fsp3) is 0.533. The molecule has 114 valence electrons. The molecule has 1 amide bonds. The number of methoxy groups -OCH3 is 1. The predicted molar refractivity (Wildman–Crippen MR) is 84.2 cm³/mol. The van der Waals surface area contributed by atoms with Gasteiger partial charge in [-0.3, -0.25) is 4.79 Å². The number of hydrogen-bond acceptors (Lipinski definition) is 3. The molecule has 0 aromatic heterocycles. The highest BCUT2D eigenvalue weighted by molar-refractivity contribution is 5.94. The van der Waals surface area contributed by atoms with Crippen molar-refractivity contribution in [3.63, 3.8) is 0 Å². The highest BCUT2D eigenvalue weighted by Crippen LogP contribution is 2.09. The molecule has 0 aliphatic carbocycles. The number of carbonyl (C=O) groups is 1. The Balaban J connectivity index is 0.00000361. The molecule has 0 saturated carbocycles. The molecule has 0 saturated heterocycles. The van der Waals surface area contributed by atoms with Crippen molar-refractivity contribution in [2.45, 2.75) is 20.4 Å². The Bertz CT molecular complexity index is 393. The van der Waals surface area contributed by atoms with E-state index in [9.17, 15) is 4.79 Å². The van der Waals surface area contributed by atoms with Gasteiger partial charge in [-0.1, -0.05) is 26.0 Å². The Morgan fingerprint density at radius 2 is 1.90 bits per heavy atom. The third-order valence-corrected chi connectivity index (χ3v) is 2.87. The molecule has 5 heteroatoms. The van der Waals surface area contributed by atoms with Crippen LogP contribution in [0.2, 0.25) is 0 Å². The molecule has 1 rings (SSSR count). The fourth-order valence-electron chi connectivity index (χ4n) is 1.88. The lowest BCUT2D eigenvalue weighted by atomic mass is 10.1. The summed E-state index contributed by atoms with van der Waals surface area (Å²) in [6, 6.07) is 7.48. The van der Waals surface area contributed by atoms with Gasteiger partial charge in [0.15, 0.2) is 0 Å². The standard InChI is InChI=1S/C15H24N2O2.ClH/c1-12(2)11-17(8-9-19-3)15(18)14-6-4-13(10-16)5-7-14;/h4-7,12H,8-11,16H2,1-3H3;1H. The summed E-state index contributed by atoms with van der Waals surface area (Å²) in [4.78, 5) is 14.3. The van der Waals surface area contributed by atoms with Crippen LogP contribution in [0.5, 0.6) is 0 Å². The molecule has 0 heterocycles.